The maximum Gasteiger partial charge on any atom is 0.306 e. The fourth-order valence-corrected chi connectivity index (χ4v) is 7.15. The third-order valence-electron chi connectivity index (χ3n) is 11.2. The lowest BCUT2D eigenvalue weighted by molar-refractivity contribution is -0.167. The van der Waals surface area contributed by atoms with Gasteiger partial charge in [0.1, 0.15) is 13.2 Å². The number of hydrogen-bond donors (Lipinski definition) is 0. The summed E-state index contributed by atoms with van der Waals surface area (Å²) in [7, 11) is 0. The SMILES string of the molecule is CC\C=C/C=C\C=C/C=C\C=C/CCCC(=O)OCC(COC(=O)CCCCCCC\C=C/C=C\C=C/C=C\C=C/CCC)OC(=O)CCCCCCCCCCCCCCCCCCCC. The second-order valence-corrected chi connectivity index (χ2v) is 17.7. The molecule has 6 heteroatoms. The van der Waals surface area contributed by atoms with Crippen LogP contribution in [0.2, 0.25) is 0 Å². The Balaban J connectivity index is 4.51. The van der Waals surface area contributed by atoms with Crippen LogP contribution in [-0.4, -0.2) is 37.2 Å². The summed E-state index contributed by atoms with van der Waals surface area (Å²) >= 11 is 0. The Morgan fingerprint density at radius 2 is 0.627 bits per heavy atom. The molecule has 0 saturated heterocycles. The predicted molar refractivity (Wildman–Crippen MR) is 288 cm³/mol. The predicted octanol–water partition coefficient (Wildman–Crippen LogP) is 18.1. The van der Waals surface area contributed by atoms with Crippen LogP contribution in [0.25, 0.3) is 0 Å². The first-order chi connectivity index (χ1) is 33.0. The third kappa shape index (κ3) is 52.6. The Morgan fingerprint density at radius 1 is 0.313 bits per heavy atom. The molecule has 6 nitrogen and oxygen atoms in total. The quantitative estimate of drug-likeness (QED) is 0.0262. The molecule has 0 aromatic heterocycles. The molecule has 0 radical (unpaired) electrons. The normalized spacial score (nSPS) is 13.1. The molecule has 378 valence electrons. The summed E-state index contributed by atoms with van der Waals surface area (Å²) in [6.07, 6.45) is 74.7. The summed E-state index contributed by atoms with van der Waals surface area (Å²) in [4.78, 5) is 38.0. The van der Waals surface area contributed by atoms with Gasteiger partial charge in [-0.2, -0.15) is 0 Å². The van der Waals surface area contributed by atoms with Crippen LogP contribution in [0.5, 0.6) is 0 Å². The summed E-state index contributed by atoms with van der Waals surface area (Å²) in [5.74, 6) is -1.02. The van der Waals surface area contributed by atoms with Crippen LogP contribution in [0.1, 0.15) is 226 Å². The van der Waals surface area contributed by atoms with Crippen LogP contribution in [0.15, 0.2) is 122 Å². The molecule has 0 aliphatic heterocycles. The zero-order chi connectivity index (χ0) is 48.6. The number of carbonyl (C=O) groups excluding carboxylic acids is 3. The summed E-state index contributed by atoms with van der Waals surface area (Å²) in [6, 6.07) is 0. The standard InChI is InChI=1S/C61H98O6/c1-4-7-10-13-16-19-22-25-27-29-31-33-36-39-42-45-48-51-54-60(63)66-57-58(56-65-59(62)53-50-47-44-41-38-35-24-21-18-15-12-9-6-3)67-61(64)55-52-49-46-43-40-37-34-32-30-28-26-23-20-17-14-11-8-5-2/h9-10,12-13,15-16,18-19,21-22,24-25,27,29,31,33,35,38,41,44,58H,4-8,11,14,17,20,23,26,28,30,32,34,36-37,39-40,42-43,45-57H2,1-3H3/b12-9-,13-10-,18-15-,19-16-,24-21-,25-22-,29-27-,33-31-,38-35-,44-41-. The van der Waals surface area contributed by atoms with Gasteiger partial charge in [-0.05, 0) is 51.4 Å². The molecule has 0 spiro atoms. The first-order valence-corrected chi connectivity index (χ1v) is 27.2. The molecular formula is C61H98O6. The van der Waals surface area contributed by atoms with Crippen molar-refractivity contribution in [3.63, 3.8) is 0 Å². The van der Waals surface area contributed by atoms with E-state index in [1.165, 1.54) is 103 Å². The van der Waals surface area contributed by atoms with Gasteiger partial charge in [-0.25, -0.2) is 0 Å². The van der Waals surface area contributed by atoms with Crippen LogP contribution in [0, 0.1) is 0 Å². The molecule has 0 aliphatic carbocycles. The lowest BCUT2D eigenvalue weighted by Gasteiger charge is -2.18. The zero-order valence-corrected chi connectivity index (χ0v) is 43.1. The number of hydrogen-bond acceptors (Lipinski definition) is 6. The maximum atomic E-state index is 12.8. The maximum absolute atomic E-state index is 12.8. The van der Waals surface area contributed by atoms with Crippen molar-refractivity contribution in [1.82, 2.24) is 0 Å². The molecule has 67 heavy (non-hydrogen) atoms. The molecule has 0 rings (SSSR count). The highest BCUT2D eigenvalue weighted by molar-refractivity contribution is 5.71. The fraction of sp³-hybridized carbons (Fsp3) is 0.623. The number of allylic oxidation sites excluding steroid dienone is 20. The molecule has 0 fully saturated rings. The van der Waals surface area contributed by atoms with Crippen molar-refractivity contribution in [2.24, 2.45) is 0 Å². The molecule has 0 saturated carbocycles. The second-order valence-electron chi connectivity index (χ2n) is 17.7. The van der Waals surface area contributed by atoms with Gasteiger partial charge in [0.25, 0.3) is 0 Å². The molecule has 0 amide bonds. The van der Waals surface area contributed by atoms with Crippen LogP contribution in [-0.2, 0) is 28.6 Å². The van der Waals surface area contributed by atoms with E-state index in [4.69, 9.17) is 14.2 Å². The van der Waals surface area contributed by atoms with Gasteiger partial charge in [-0.15, -0.1) is 0 Å². The van der Waals surface area contributed by atoms with Crippen molar-refractivity contribution in [1.29, 1.82) is 0 Å². The Labute approximate surface area is 412 Å². The molecule has 0 aromatic carbocycles. The minimum absolute atomic E-state index is 0.116. The van der Waals surface area contributed by atoms with E-state index in [0.29, 0.717) is 19.3 Å². The summed E-state index contributed by atoms with van der Waals surface area (Å²) < 4.78 is 16.7. The monoisotopic (exact) mass is 927 g/mol. The Bertz CT molecular complexity index is 1440. The molecule has 0 N–H and O–H groups in total. The topological polar surface area (TPSA) is 78.9 Å². The average molecular weight is 927 g/mol. The fourth-order valence-electron chi connectivity index (χ4n) is 7.15. The molecule has 0 bridgehead atoms. The van der Waals surface area contributed by atoms with E-state index in [1.54, 1.807) is 0 Å². The van der Waals surface area contributed by atoms with Crippen molar-refractivity contribution in [3.8, 4) is 0 Å². The lowest BCUT2D eigenvalue weighted by Crippen LogP contribution is -2.30. The van der Waals surface area contributed by atoms with Crippen LogP contribution in [0.3, 0.4) is 0 Å². The lowest BCUT2D eigenvalue weighted by atomic mass is 10.0. The Morgan fingerprint density at radius 3 is 1.03 bits per heavy atom. The molecule has 0 heterocycles. The van der Waals surface area contributed by atoms with E-state index in [2.05, 4.69) is 51.2 Å². The molecule has 1 unspecified atom stereocenters. The third-order valence-corrected chi connectivity index (χ3v) is 11.2. The van der Waals surface area contributed by atoms with Crippen molar-refractivity contribution >= 4 is 17.9 Å². The summed E-state index contributed by atoms with van der Waals surface area (Å²) in [5.41, 5.74) is 0. The van der Waals surface area contributed by atoms with E-state index < -0.39 is 6.10 Å². The van der Waals surface area contributed by atoms with Crippen molar-refractivity contribution in [2.75, 3.05) is 13.2 Å². The highest BCUT2D eigenvalue weighted by atomic mass is 16.6. The van der Waals surface area contributed by atoms with Gasteiger partial charge < -0.3 is 14.2 Å². The second kappa shape index (κ2) is 54.4. The molecule has 0 aromatic rings. The number of esters is 3. The van der Waals surface area contributed by atoms with E-state index in [9.17, 15) is 14.4 Å². The number of carbonyl (C=O) groups is 3. The van der Waals surface area contributed by atoms with E-state index in [0.717, 1.165) is 77.0 Å². The van der Waals surface area contributed by atoms with Gasteiger partial charge in [-0.1, -0.05) is 277 Å². The Hall–Kier alpha value is -4.19. The number of unbranched alkanes of at least 4 members (excludes halogenated alkanes) is 24. The van der Waals surface area contributed by atoms with Crippen molar-refractivity contribution in [3.05, 3.63) is 122 Å². The van der Waals surface area contributed by atoms with Gasteiger partial charge >= 0.3 is 17.9 Å². The van der Waals surface area contributed by atoms with Crippen LogP contribution in [0.4, 0.5) is 0 Å². The summed E-state index contributed by atoms with van der Waals surface area (Å²) in [5, 5.41) is 0. The first kappa shape index (κ1) is 62.8. The highest BCUT2D eigenvalue weighted by Gasteiger charge is 2.19. The summed E-state index contributed by atoms with van der Waals surface area (Å²) in [6.45, 7) is 6.32. The van der Waals surface area contributed by atoms with Gasteiger partial charge in [0, 0.05) is 19.3 Å². The van der Waals surface area contributed by atoms with Gasteiger partial charge in [-0.3, -0.25) is 14.4 Å². The van der Waals surface area contributed by atoms with E-state index in [-0.39, 0.29) is 37.5 Å². The Kier molecular flexibility index (Phi) is 51.0. The molecular weight excluding hydrogens is 829 g/mol. The smallest absolute Gasteiger partial charge is 0.306 e. The zero-order valence-electron chi connectivity index (χ0n) is 43.1. The molecule has 1 atom stereocenters. The highest BCUT2D eigenvalue weighted by Crippen LogP contribution is 2.16. The van der Waals surface area contributed by atoms with Crippen LogP contribution >= 0.6 is 0 Å². The number of rotatable bonds is 47. The number of ether oxygens (including phenoxy) is 3. The van der Waals surface area contributed by atoms with Gasteiger partial charge in [0.15, 0.2) is 6.10 Å². The molecule has 0 aliphatic rings. The minimum atomic E-state index is -0.819. The van der Waals surface area contributed by atoms with Crippen LogP contribution < -0.4 is 0 Å². The van der Waals surface area contributed by atoms with E-state index in [1.807, 2.05) is 91.1 Å². The minimum Gasteiger partial charge on any atom is -0.462 e. The van der Waals surface area contributed by atoms with Crippen molar-refractivity contribution in [2.45, 2.75) is 232 Å². The average Bonchev–Trinajstić information content (AvgIpc) is 3.33. The first-order valence-electron chi connectivity index (χ1n) is 27.2. The van der Waals surface area contributed by atoms with Gasteiger partial charge in [0.05, 0.1) is 0 Å². The van der Waals surface area contributed by atoms with Gasteiger partial charge in [0.2, 0.25) is 0 Å². The largest absolute Gasteiger partial charge is 0.462 e. The van der Waals surface area contributed by atoms with E-state index >= 15 is 0 Å². The van der Waals surface area contributed by atoms with Crippen molar-refractivity contribution < 1.29 is 28.6 Å².